The summed E-state index contributed by atoms with van der Waals surface area (Å²) >= 11 is 6.12. The van der Waals surface area contributed by atoms with E-state index in [2.05, 4.69) is 20.9 Å². The summed E-state index contributed by atoms with van der Waals surface area (Å²) in [5.41, 5.74) is 4.65. The summed E-state index contributed by atoms with van der Waals surface area (Å²) in [6, 6.07) is 12.4. The van der Waals surface area contributed by atoms with Crippen molar-refractivity contribution in [1.82, 2.24) is 25.6 Å². The van der Waals surface area contributed by atoms with E-state index in [0.29, 0.717) is 16.5 Å². The molecule has 1 heterocycles. The number of benzene rings is 2. The Balaban J connectivity index is 1.73. The minimum absolute atomic E-state index is 0.170. The lowest BCUT2D eigenvalue weighted by Crippen LogP contribution is -2.42. The maximum absolute atomic E-state index is 13.6. The van der Waals surface area contributed by atoms with Crippen molar-refractivity contribution in [3.63, 3.8) is 0 Å². The molecule has 0 aliphatic carbocycles. The predicted molar refractivity (Wildman–Crippen MR) is 92.4 cm³/mol. The van der Waals surface area contributed by atoms with Crippen LogP contribution in [0.3, 0.4) is 0 Å². The molecule has 2 amide bonds. The molecule has 2 N–H and O–H groups in total. The zero-order valence-electron chi connectivity index (χ0n) is 13.5. The SMILES string of the molecule is Cc1nc(C(=O)NNC(=O)c2ccccc2F)nn1-c1ccccc1Cl. The van der Waals surface area contributed by atoms with Crippen LogP contribution in [0.25, 0.3) is 5.69 Å². The van der Waals surface area contributed by atoms with Crippen molar-refractivity contribution in [2.24, 2.45) is 0 Å². The molecule has 0 saturated carbocycles. The van der Waals surface area contributed by atoms with E-state index < -0.39 is 17.6 Å². The third kappa shape index (κ3) is 3.55. The van der Waals surface area contributed by atoms with Crippen molar-refractivity contribution in [3.05, 3.63) is 76.6 Å². The topological polar surface area (TPSA) is 88.9 Å². The fraction of sp³-hybridized carbons (Fsp3) is 0.0588. The van der Waals surface area contributed by atoms with E-state index in [0.717, 1.165) is 6.07 Å². The zero-order chi connectivity index (χ0) is 18.7. The van der Waals surface area contributed by atoms with Crippen LogP contribution in [0.1, 0.15) is 26.8 Å². The van der Waals surface area contributed by atoms with Crippen LogP contribution in [-0.4, -0.2) is 26.6 Å². The van der Waals surface area contributed by atoms with Gasteiger partial charge in [-0.25, -0.2) is 14.1 Å². The number of amides is 2. The number of hydrogen-bond acceptors (Lipinski definition) is 4. The van der Waals surface area contributed by atoms with Crippen LogP contribution in [0, 0.1) is 12.7 Å². The molecular formula is C17H13ClFN5O2. The monoisotopic (exact) mass is 373 g/mol. The first kappa shape index (κ1) is 17.6. The summed E-state index contributed by atoms with van der Waals surface area (Å²) in [4.78, 5) is 28.1. The molecule has 0 unspecified atom stereocenters. The molecule has 0 aliphatic heterocycles. The number of rotatable bonds is 3. The Kier molecular flexibility index (Phi) is 4.94. The summed E-state index contributed by atoms with van der Waals surface area (Å²) in [7, 11) is 0. The number of halogens is 2. The lowest BCUT2D eigenvalue weighted by atomic mass is 10.2. The fourth-order valence-corrected chi connectivity index (χ4v) is 2.44. The maximum Gasteiger partial charge on any atom is 0.309 e. The van der Waals surface area contributed by atoms with Crippen molar-refractivity contribution in [1.29, 1.82) is 0 Å². The van der Waals surface area contributed by atoms with Gasteiger partial charge in [0.15, 0.2) is 0 Å². The van der Waals surface area contributed by atoms with Gasteiger partial charge >= 0.3 is 5.91 Å². The van der Waals surface area contributed by atoms with Gasteiger partial charge in [-0.05, 0) is 31.2 Å². The van der Waals surface area contributed by atoms with Gasteiger partial charge in [0.1, 0.15) is 11.6 Å². The van der Waals surface area contributed by atoms with Gasteiger partial charge in [0.05, 0.1) is 16.3 Å². The second-order valence-electron chi connectivity index (χ2n) is 5.23. The largest absolute Gasteiger partial charge is 0.309 e. The Morgan fingerprint density at radius 1 is 1.04 bits per heavy atom. The van der Waals surface area contributed by atoms with Gasteiger partial charge in [-0.1, -0.05) is 35.9 Å². The quantitative estimate of drug-likeness (QED) is 0.690. The first-order valence-electron chi connectivity index (χ1n) is 7.51. The van der Waals surface area contributed by atoms with Crippen LogP contribution < -0.4 is 10.9 Å². The summed E-state index contributed by atoms with van der Waals surface area (Å²) < 4.78 is 15.0. The smallest absolute Gasteiger partial charge is 0.267 e. The fourth-order valence-electron chi connectivity index (χ4n) is 2.22. The summed E-state index contributed by atoms with van der Waals surface area (Å²) in [5, 5.41) is 4.54. The van der Waals surface area contributed by atoms with Gasteiger partial charge < -0.3 is 0 Å². The van der Waals surface area contributed by atoms with Crippen LogP contribution >= 0.6 is 11.6 Å². The minimum atomic E-state index is -0.793. The molecule has 3 aromatic rings. The second kappa shape index (κ2) is 7.32. The molecule has 0 aliphatic rings. The normalized spacial score (nSPS) is 10.4. The van der Waals surface area contributed by atoms with E-state index in [9.17, 15) is 14.0 Å². The number of carbonyl (C=O) groups is 2. The number of aryl methyl sites for hydroxylation is 1. The van der Waals surface area contributed by atoms with Crippen LogP contribution in [0.2, 0.25) is 5.02 Å². The van der Waals surface area contributed by atoms with E-state index in [-0.39, 0.29) is 11.4 Å². The number of nitrogens with one attached hydrogen (secondary N) is 2. The van der Waals surface area contributed by atoms with Crippen LogP contribution in [0.15, 0.2) is 48.5 Å². The number of hydrogen-bond donors (Lipinski definition) is 2. The van der Waals surface area contributed by atoms with Gasteiger partial charge in [-0.2, -0.15) is 0 Å². The van der Waals surface area contributed by atoms with Crippen LogP contribution in [0.5, 0.6) is 0 Å². The second-order valence-corrected chi connectivity index (χ2v) is 5.64. The predicted octanol–water partition coefficient (Wildman–Crippen LogP) is 2.44. The molecule has 0 radical (unpaired) electrons. The highest BCUT2D eigenvalue weighted by molar-refractivity contribution is 6.32. The molecule has 0 fully saturated rings. The molecule has 1 aromatic heterocycles. The number of nitrogens with zero attached hydrogens (tertiary/aromatic N) is 3. The molecule has 9 heteroatoms. The number of aromatic nitrogens is 3. The van der Waals surface area contributed by atoms with Gasteiger partial charge in [0, 0.05) is 0 Å². The molecule has 26 heavy (non-hydrogen) atoms. The zero-order valence-corrected chi connectivity index (χ0v) is 14.3. The molecule has 0 spiro atoms. The lowest BCUT2D eigenvalue weighted by molar-refractivity contribution is 0.0838. The molecule has 0 atom stereocenters. The van der Waals surface area contributed by atoms with Gasteiger partial charge in [0.25, 0.3) is 5.91 Å². The number of carbonyl (C=O) groups excluding carboxylic acids is 2. The molecule has 0 bridgehead atoms. The molecular weight excluding hydrogens is 361 g/mol. The number of para-hydroxylation sites is 1. The van der Waals surface area contributed by atoms with Gasteiger partial charge in [0.2, 0.25) is 5.82 Å². The van der Waals surface area contributed by atoms with Crippen LogP contribution in [0.4, 0.5) is 4.39 Å². The Bertz CT molecular complexity index is 989. The Hall–Kier alpha value is -3.26. The third-order valence-corrected chi connectivity index (χ3v) is 3.78. The number of hydrazine groups is 1. The van der Waals surface area contributed by atoms with E-state index in [4.69, 9.17) is 11.6 Å². The third-order valence-electron chi connectivity index (χ3n) is 3.46. The summed E-state index contributed by atoms with van der Waals surface area (Å²) in [6.07, 6.45) is 0. The van der Waals surface area contributed by atoms with Crippen molar-refractivity contribution in [3.8, 4) is 5.69 Å². The van der Waals surface area contributed by atoms with E-state index in [1.165, 1.54) is 22.9 Å². The van der Waals surface area contributed by atoms with E-state index in [1.807, 2.05) is 0 Å². The minimum Gasteiger partial charge on any atom is -0.267 e. The Labute approximate surface area is 152 Å². The molecule has 0 saturated heterocycles. The van der Waals surface area contributed by atoms with Crippen molar-refractivity contribution in [2.45, 2.75) is 6.92 Å². The molecule has 3 rings (SSSR count). The van der Waals surface area contributed by atoms with Crippen molar-refractivity contribution in [2.75, 3.05) is 0 Å². The molecule has 7 nitrogen and oxygen atoms in total. The molecule has 132 valence electrons. The van der Waals surface area contributed by atoms with Gasteiger partial charge in [-0.3, -0.25) is 20.4 Å². The highest BCUT2D eigenvalue weighted by Gasteiger charge is 2.18. The highest BCUT2D eigenvalue weighted by Crippen LogP contribution is 2.20. The summed E-state index contributed by atoms with van der Waals surface area (Å²) in [6.45, 7) is 1.66. The molecule has 2 aromatic carbocycles. The van der Waals surface area contributed by atoms with Crippen molar-refractivity contribution < 1.29 is 14.0 Å². The first-order chi connectivity index (χ1) is 12.5. The average molecular weight is 374 g/mol. The van der Waals surface area contributed by atoms with Crippen molar-refractivity contribution >= 4 is 23.4 Å². The summed E-state index contributed by atoms with van der Waals surface area (Å²) in [5.74, 6) is -1.97. The standard InChI is InChI=1S/C17H13ClFN5O2/c1-10-20-15(23-24(10)14-9-5-3-7-12(14)18)17(26)22-21-16(25)11-6-2-4-8-13(11)19/h2-9H,1H3,(H,21,25)(H,22,26). The van der Waals surface area contributed by atoms with E-state index >= 15 is 0 Å². The highest BCUT2D eigenvalue weighted by atomic mass is 35.5. The van der Waals surface area contributed by atoms with E-state index in [1.54, 1.807) is 31.2 Å². The van der Waals surface area contributed by atoms with Gasteiger partial charge in [-0.15, -0.1) is 5.10 Å². The average Bonchev–Trinajstić information content (AvgIpc) is 3.02. The Morgan fingerprint density at radius 3 is 2.42 bits per heavy atom. The first-order valence-corrected chi connectivity index (χ1v) is 7.89. The van der Waals surface area contributed by atoms with Crippen LogP contribution in [-0.2, 0) is 0 Å². The Morgan fingerprint density at radius 2 is 1.69 bits per heavy atom. The maximum atomic E-state index is 13.6. The lowest BCUT2D eigenvalue weighted by Gasteiger charge is -2.06.